The molecule has 2 aromatic rings. The van der Waals surface area contributed by atoms with E-state index in [9.17, 15) is 4.79 Å². The first kappa shape index (κ1) is 13.8. The van der Waals surface area contributed by atoms with Gasteiger partial charge in [-0.15, -0.1) is 0 Å². The zero-order valence-electron chi connectivity index (χ0n) is 12.0. The highest BCUT2D eigenvalue weighted by Crippen LogP contribution is 2.31. The van der Waals surface area contributed by atoms with Crippen LogP contribution in [0.15, 0.2) is 51.3 Å². The van der Waals surface area contributed by atoms with Crippen LogP contribution in [0.2, 0.25) is 0 Å². The van der Waals surface area contributed by atoms with E-state index in [0.717, 1.165) is 28.9 Å². The summed E-state index contributed by atoms with van der Waals surface area (Å²) in [6.45, 7) is 1.10. The summed E-state index contributed by atoms with van der Waals surface area (Å²) in [4.78, 5) is 17.2. The summed E-state index contributed by atoms with van der Waals surface area (Å²) < 4.78 is 5.20. The molecule has 2 bridgehead atoms. The van der Waals surface area contributed by atoms with Gasteiger partial charge >= 0.3 is 0 Å². The SMILES string of the molecule is O=C(NC1CC2CNC1C2)c1ccc(Sc2cnco2)cc1. The number of carbonyl (C=O) groups excluding carboxylic acids is 1. The van der Waals surface area contributed by atoms with Gasteiger partial charge in [-0.3, -0.25) is 4.79 Å². The third-order valence-corrected chi connectivity index (χ3v) is 5.30. The summed E-state index contributed by atoms with van der Waals surface area (Å²) in [5.41, 5.74) is 0.699. The summed E-state index contributed by atoms with van der Waals surface area (Å²) in [5.74, 6) is 0.742. The average Bonchev–Trinajstić information content (AvgIpc) is 3.25. The second kappa shape index (κ2) is 5.78. The number of rotatable bonds is 4. The Balaban J connectivity index is 1.38. The Morgan fingerprint density at radius 3 is 2.82 bits per heavy atom. The van der Waals surface area contributed by atoms with Crippen LogP contribution in [-0.2, 0) is 0 Å². The van der Waals surface area contributed by atoms with E-state index in [1.807, 2.05) is 24.3 Å². The third kappa shape index (κ3) is 2.76. The Bertz CT molecular complexity index is 657. The van der Waals surface area contributed by atoms with Crippen LogP contribution in [0.25, 0.3) is 0 Å². The van der Waals surface area contributed by atoms with Gasteiger partial charge in [0.1, 0.15) is 0 Å². The zero-order valence-corrected chi connectivity index (χ0v) is 12.8. The van der Waals surface area contributed by atoms with Crippen LogP contribution in [0.1, 0.15) is 23.2 Å². The molecule has 1 amide bonds. The molecule has 3 unspecified atom stereocenters. The van der Waals surface area contributed by atoms with Gasteiger partial charge in [0.15, 0.2) is 11.5 Å². The summed E-state index contributed by atoms with van der Waals surface area (Å²) in [6.07, 6.45) is 5.38. The van der Waals surface area contributed by atoms with Crippen molar-refractivity contribution in [3.8, 4) is 0 Å². The fourth-order valence-corrected chi connectivity index (χ4v) is 4.02. The van der Waals surface area contributed by atoms with Crippen LogP contribution in [0.4, 0.5) is 0 Å². The molecule has 114 valence electrons. The van der Waals surface area contributed by atoms with Gasteiger partial charge in [-0.1, -0.05) is 11.8 Å². The standard InChI is InChI=1S/C16H17N3O2S/c20-16(19-14-6-10-5-13(14)18-7-10)11-1-3-12(4-2-11)22-15-8-17-9-21-15/h1-4,8-10,13-14,18H,5-7H2,(H,19,20). The maximum absolute atomic E-state index is 12.3. The van der Waals surface area contributed by atoms with Gasteiger partial charge < -0.3 is 15.1 Å². The van der Waals surface area contributed by atoms with E-state index in [2.05, 4.69) is 15.6 Å². The number of nitrogens with one attached hydrogen (secondary N) is 2. The average molecular weight is 315 g/mol. The monoisotopic (exact) mass is 315 g/mol. The Morgan fingerprint density at radius 1 is 1.32 bits per heavy atom. The van der Waals surface area contributed by atoms with Crippen molar-refractivity contribution < 1.29 is 9.21 Å². The molecule has 1 aromatic heterocycles. The lowest BCUT2D eigenvalue weighted by molar-refractivity contribution is 0.0928. The number of hydrogen-bond acceptors (Lipinski definition) is 5. The zero-order chi connectivity index (χ0) is 14.9. The van der Waals surface area contributed by atoms with Crippen LogP contribution >= 0.6 is 11.8 Å². The molecule has 2 heterocycles. The Hall–Kier alpha value is -1.79. The van der Waals surface area contributed by atoms with E-state index in [1.54, 1.807) is 6.20 Å². The van der Waals surface area contributed by atoms with Gasteiger partial charge in [0, 0.05) is 22.5 Å². The van der Waals surface area contributed by atoms with Crippen molar-refractivity contribution in [2.24, 2.45) is 5.92 Å². The van der Waals surface area contributed by atoms with E-state index < -0.39 is 0 Å². The van der Waals surface area contributed by atoms with Gasteiger partial charge in [-0.2, -0.15) is 0 Å². The Morgan fingerprint density at radius 2 is 2.18 bits per heavy atom. The lowest BCUT2D eigenvalue weighted by Crippen LogP contribution is -2.47. The van der Waals surface area contributed by atoms with Gasteiger partial charge in [0.05, 0.1) is 6.20 Å². The van der Waals surface area contributed by atoms with Crippen molar-refractivity contribution in [3.63, 3.8) is 0 Å². The molecule has 1 saturated carbocycles. The summed E-state index contributed by atoms with van der Waals surface area (Å²) in [7, 11) is 0. The summed E-state index contributed by atoms with van der Waals surface area (Å²) >= 11 is 1.49. The quantitative estimate of drug-likeness (QED) is 0.906. The normalized spacial score (nSPS) is 26.3. The molecular weight excluding hydrogens is 298 g/mol. The number of piperidine rings is 1. The Labute approximate surface area is 132 Å². The van der Waals surface area contributed by atoms with Crippen LogP contribution in [0, 0.1) is 5.92 Å². The molecule has 3 atom stereocenters. The molecule has 1 aromatic carbocycles. The molecule has 22 heavy (non-hydrogen) atoms. The molecule has 2 aliphatic rings. The molecule has 2 fully saturated rings. The minimum absolute atomic E-state index is 0.00978. The number of amides is 1. The molecule has 1 aliphatic heterocycles. The predicted molar refractivity (Wildman–Crippen MR) is 82.8 cm³/mol. The van der Waals surface area contributed by atoms with Gasteiger partial charge in [-0.25, -0.2) is 4.98 Å². The first-order valence-corrected chi connectivity index (χ1v) is 8.30. The molecule has 5 nitrogen and oxygen atoms in total. The van der Waals surface area contributed by atoms with Crippen molar-refractivity contribution in [1.82, 2.24) is 15.6 Å². The van der Waals surface area contributed by atoms with Crippen molar-refractivity contribution in [2.45, 2.75) is 34.9 Å². The van der Waals surface area contributed by atoms with Crippen LogP contribution < -0.4 is 10.6 Å². The van der Waals surface area contributed by atoms with E-state index in [-0.39, 0.29) is 11.9 Å². The summed E-state index contributed by atoms with van der Waals surface area (Å²) in [6, 6.07) is 8.30. The smallest absolute Gasteiger partial charge is 0.251 e. The summed E-state index contributed by atoms with van der Waals surface area (Å²) in [5, 5.41) is 7.36. The van der Waals surface area contributed by atoms with Crippen molar-refractivity contribution >= 4 is 17.7 Å². The second-order valence-corrected chi connectivity index (χ2v) is 6.96. The largest absolute Gasteiger partial charge is 0.437 e. The van der Waals surface area contributed by atoms with E-state index in [4.69, 9.17) is 4.42 Å². The van der Waals surface area contributed by atoms with Crippen LogP contribution in [0.3, 0.4) is 0 Å². The number of hydrogen-bond donors (Lipinski definition) is 2. The molecule has 6 heteroatoms. The number of aromatic nitrogens is 1. The van der Waals surface area contributed by atoms with Crippen molar-refractivity contribution in [2.75, 3.05) is 6.54 Å². The van der Waals surface area contributed by atoms with E-state index >= 15 is 0 Å². The van der Waals surface area contributed by atoms with Gasteiger partial charge in [0.2, 0.25) is 0 Å². The number of benzene rings is 1. The molecule has 1 saturated heterocycles. The molecule has 2 N–H and O–H groups in total. The first-order chi connectivity index (χ1) is 10.8. The van der Waals surface area contributed by atoms with Gasteiger partial charge in [0.25, 0.3) is 5.91 Å². The predicted octanol–water partition coefficient (Wildman–Crippen LogP) is 2.31. The molecule has 4 rings (SSSR count). The maximum Gasteiger partial charge on any atom is 0.251 e. The van der Waals surface area contributed by atoms with E-state index in [0.29, 0.717) is 11.6 Å². The fraction of sp³-hybridized carbons (Fsp3) is 0.375. The van der Waals surface area contributed by atoms with Crippen molar-refractivity contribution in [1.29, 1.82) is 0 Å². The maximum atomic E-state index is 12.3. The fourth-order valence-electron chi connectivity index (χ4n) is 3.31. The Kier molecular flexibility index (Phi) is 3.63. The van der Waals surface area contributed by atoms with Crippen LogP contribution in [0.5, 0.6) is 0 Å². The van der Waals surface area contributed by atoms with E-state index in [1.165, 1.54) is 24.6 Å². The number of oxazole rings is 1. The number of carbonyl (C=O) groups is 1. The first-order valence-electron chi connectivity index (χ1n) is 7.48. The highest BCUT2D eigenvalue weighted by Gasteiger charge is 2.39. The highest BCUT2D eigenvalue weighted by molar-refractivity contribution is 7.99. The van der Waals surface area contributed by atoms with Gasteiger partial charge in [-0.05, 0) is 49.6 Å². The van der Waals surface area contributed by atoms with Crippen LogP contribution in [-0.4, -0.2) is 29.5 Å². The minimum atomic E-state index is 0.00978. The molecule has 0 spiro atoms. The highest BCUT2D eigenvalue weighted by atomic mass is 32.2. The molecular formula is C16H17N3O2S. The number of fused-ring (bicyclic) bond motifs is 2. The second-order valence-electron chi connectivity index (χ2n) is 5.88. The minimum Gasteiger partial charge on any atom is -0.437 e. The lowest BCUT2D eigenvalue weighted by atomic mass is 10.1. The lowest BCUT2D eigenvalue weighted by Gasteiger charge is -2.24. The van der Waals surface area contributed by atoms with Crippen molar-refractivity contribution in [3.05, 3.63) is 42.4 Å². The molecule has 1 aliphatic carbocycles. The molecule has 0 radical (unpaired) electrons. The number of nitrogens with zero attached hydrogens (tertiary/aromatic N) is 1. The topological polar surface area (TPSA) is 67.2 Å². The third-order valence-electron chi connectivity index (χ3n) is 4.39.